The van der Waals surface area contributed by atoms with Crippen molar-refractivity contribution >= 4 is 11.7 Å². The van der Waals surface area contributed by atoms with Gasteiger partial charge in [-0.25, -0.2) is 0 Å². The summed E-state index contributed by atoms with van der Waals surface area (Å²) < 4.78 is 16.8. The zero-order valence-corrected chi connectivity index (χ0v) is 24.7. The van der Waals surface area contributed by atoms with E-state index < -0.39 is 0 Å². The Kier molecular flexibility index (Phi) is 12.7. The van der Waals surface area contributed by atoms with Crippen LogP contribution >= 0.6 is 0 Å². The number of nitrogens with zero attached hydrogens (tertiary/aromatic N) is 2. The largest absolute Gasteiger partial charge is 0.862 e. The molecule has 1 atom stereocenters. The Balaban J connectivity index is 1.21. The van der Waals surface area contributed by atoms with Crippen molar-refractivity contribution in [3.8, 4) is 17.2 Å². The Morgan fingerprint density at radius 2 is 1.43 bits per heavy atom. The molecule has 42 heavy (non-hydrogen) atoms. The minimum absolute atomic E-state index is 0.0752. The first-order valence-corrected chi connectivity index (χ1v) is 15.1. The molecule has 224 valence electrons. The third kappa shape index (κ3) is 10.9. The SMILES string of the molecule is COc1ccc(C(=O)CCCCC([O-])=NC(Cc2ccc(OCCCOc3ccccc3)cc2)CN2CCCC2)cc1. The van der Waals surface area contributed by atoms with E-state index in [0.717, 1.165) is 48.9 Å². The van der Waals surface area contributed by atoms with Gasteiger partial charge in [0.15, 0.2) is 5.78 Å². The van der Waals surface area contributed by atoms with Gasteiger partial charge in [0, 0.05) is 24.9 Å². The summed E-state index contributed by atoms with van der Waals surface area (Å²) in [5.74, 6) is 2.43. The van der Waals surface area contributed by atoms with Crippen LogP contribution in [0.25, 0.3) is 0 Å². The summed E-state index contributed by atoms with van der Waals surface area (Å²) >= 11 is 0. The number of hydrogen-bond donors (Lipinski definition) is 0. The molecule has 1 saturated heterocycles. The van der Waals surface area contributed by atoms with Crippen LogP contribution in [0.1, 0.15) is 60.9 Å². The number of carbonyl (C=O) groups is 1. The van der Waals surface area contributed by atoms with Gasteiger partial charge >= 0.3 is 0 Å². The summed E-state index contributed by atoms with van der Waals surface area (Å²) in [6.07, 6.45) is 6.02. The number of ketones is 1. The van der Waals surface area contributed by atoms with Gasteiger partial charge in [0.2, 0.25) is 0 Å². The summed E-state index contributed by atoms with van der Waals surface area (Å²) in [6, 6.07) is 25.0. The van der Waals surface area contributed by atoms with Crippen molar-refractivity contribution in [1.29, 1.82) is 0 Å². The first-order valence-electron chi connectivity index (χ1n) is 15.1. The van der Waals surface area contributed by atoms with Crippen LogP contribution < -0.4 is 19.3 Å². The zero-order valence-electron chi connectivity index (χ0n) is 24.7. The molecule has 0 radical (unpaired) electrons. The predicted octanol–water partition coefficient (Wildman–Crippen LogP) is 5.75. The maximum atomic E-state index is 12.8. The lowest BCUT2D eigenvalue weighted by molar-refractivity contribution is -0.219. The molecule has 0 saturated carbocycles. The van der Waals surface area contributed by atoms with Crippen molar-refractivity contribution in [2.24, 2.45) is 4.99 Å². The Morgan fingerprint density at radius 3 is 2.10 bits per heavy atom. The normalized spacial score (nSPS) is 14.5. The van der Waals surface area contributed by atoms with E-state index >= 15 is 0 Å². The number of para-hydroxylation sites is 1. The summed E-state index contributed by atoms with van der Waals surface area (Å²) in [5, 5.41) is 12.8. The maximum absolute atomic E-state index is 12.8. The van der Waals surface area contributed by atoms with E-state index in [-0.39, 0.29) is 17.7 Å². The van der Waals surface area contributed by atoms with Gasteiger partial charge in [-0.05, 0) is 112 Å². The summed E-state index contributed by atoms with van der Waals surface area (Å²) in [7, 11) is 1.60. The van der Waals surface area contributed by atoms with E-state index in [0.29, 0.717) is 50.9 Å². The maximum Gasteiger partial charge on any atom is 0.162 e. The molecular weight excluding hydrogens is 528 g/mol. The van der Waals surface area contributed by atoms with E-state index in [9.17, 15) is 9.90 Å². The molecule has 0 bridgehead atoms. The highest BCUT2D eigenvalue weighted by molar-refractivity contribution is 5.96. The summed E-state index contributed by atoms with van der Waals surface area (Å²) in [4.78, 5) is 19.5. The number of methoxy groups -OCH3 is 1. The Hall–Kier alpha value is -3.84. The number of ether oxygens (including phenoxy) is 3. The molecule has 3 aromatic carbocycles. The average molecular weight is 572 g/mol. The summed E-state index contributed by atoms with van der Waals surface area (Å²) in [5.41, 5.74) is 1.81. The van der Waals surface area contributed by atoms with Crippen LogP contribution in [-0.2, 0) is 6.42 Å². The first-order chi connectivity index (χ1) is 20.6. The number of Topliss-reactive ketones (excluding diaryl/α,β-unsaturated/α-hetero) is 1. The number of benzene rings is 3. The van der Waals surface area contributed by atoms with E-state index in [1.807, 2.05) is 42.5 Å². The van der Waals surface area contributed by atoms with E-state index in [1.54, 1.807) is 31.4 Å². The van der Waals surface area contributed by atoms with Crippen LogP contribution in [0.4, 0.5) is 0 Å². The fourth-order valence-corrected chi connectivity index (χ4v) is 5.11. The van der Waals surface area contributed by atoms with Gasteiger partial charge in [-0.2, -0.15) is 0 Å². The molecule has 0 N–H and O–H groups in total. The van der Waals surface area contributed by atoms with Gasteiger partial charge in [-0.15, -0.1) is 0 Å². The van der Waals surface area contributed by atoms with Gasteiger partial charge in [-0.1, -0.05) is 30.3 Å². The van der Waals surface area contributed by atoms with Gasteiger partial charge in [0.05, 0.1) is 26.4 Å². The number of unbranched alkanes of at least 4 members (excludes halogenated alkanes) is 1. The lowest BCUT2D eigenvalue weighted by atomic mass is 10.0. The number of rotatable bonds is 18. The van der Waals surface area contributed by atoms with Crippen molar-refractivity contribution in [2.75, 3.05) is 40.0 Å². The van der Waals surface area contributed by atoms with E-state index in [4.69, 9.17) is 14.2 Å². The lowest BCUT2D eigenvalue weighted by Gasteiger charge is -2.23. The quantitative estimate of drug-likeness (QED) is 0.0837. The van der Waals surface area contributed by atoms with Crippen LogP contribution in [-0.4, -0.2) is 62.6 Å². The standard InChI is InChI=1S/C35H44N2O5/c1-40-31-20-16-29(17-21-31)34(38)12-5-6-13-35(39)36-30(27-37-22-7-8-23-37)26-28-14-18-33(19-15-28)42-25-9-24-41-32-10-3-2-4-11-32/h2-4,10-11,14-21,30H,5-9,12-13,22-27H2,1H3,(H,36,39)/p-1. The Labute approximate surface area is 250 Å². The molecule has 1 fully saturated rings. The minimum Gasteiger partial charge on any atom is -0.862 e. The number of likely N-dealkylation sites (tertiary alicyclic amines) is 1. The average Bonchev–Trinajstić information content (AvgIpc) is 3.53. The van der Waals surface area contributed by atoms with Gasteiger partial charge in [0.25, 0.3) is 0 Å². The second-order valence-corrected chi connectivity index (χ2v) is 10.8. The van der Waals surface area contributed by atoms with Crippen LogP contribution in [0.3, 0.4) is 0 Å². The fraction of sp³-hybridized carbons (Fsp3) is 0.429. The number of hydrogen-bond acceptors (Lipinski definition) is 7. The highest BCUT2D eigenvalue weighted by Gasteiger charge is 2.17. The molecule has 0 amide bonds. The highest BCUT2D eigenvalue weighted by Crippen LogP contribution is 2.18. The van der Waals surface area contributed by atoms with E-state index in [1.165, 1.54) is 12.8 Å². The second kappa shape index (κ2) is 17.2. The lowest BCUT2D eigenvalue weighted by Crippen LogP contribution is -2.32. The van der Waals surface area contributed by atoms with Crippen molar-refractivity contribution in [2.45, 2.75) is 57.4 Å². The first kappa shape index (κ1) is 31.1. The Bertz CT molecular complexity index is 1220. The van der Waals surface area contributed by atoms with E-state index in [2.05, 4.69) is 22.0 Å². The molecule has 1 unspecified atom stereocenters. The zero-order chi connectivity index (χ0) is 29.4. The van der Waals surface area contributed by atoms with Crippen molar-refractivity contribution in [3.63, 3.8) is 0 Å². The number of aliphatic imine (C=N–C) groups is 1. The third-order valence-corrected chi connectivity index (χ3v) is 7.41. The minimum atomic E-state index is -0.0848. The molecular formula is C35H43N2O5-. The second-order valence-electron chi connectivity index (χ2n) is 10.8. The highest BCUT2D eigenvalue weighted by atomic mass is 16.5. The van der Waals surface area contributed by atoms with Crippen molar-refractivity contribution in [1.82, 2.24) is 4.90 Å². The van der Waals surface area contributed by atoms with Crippen LogP contribution in [0.15, 0.2) is 83.9 Å². The summed E-state index contributed by atoms with van der Waals surface area (Å²) in [6.45, 7) is 4.11. The molecule has 0 aliphatic carbocycles. The van der Waals surface area contributed by atoms with Gasteiger partial charge < -0.3 is 29.2 Å². The van der Waals surface area contributed by atoms with Crippen molar-refractivity contribution in [3.05, 3.63) is 90.0 Å². The number of carbonyl (C=O) groups excluding carboxylic acids is 1. The van der Waals surface area contributed by atoms with Gasteiger partial charge in [-0.3, -0.25) is 4.79 Å². The van der Waals surface area contributed by atoms with Crippen LogP contribution in [0.2, 0.25) is 0 Å². The molecule has 1 aliphatic heterocycles. The smallest absolute Gasteiger partial charge is 0.162 e. The molecule has 1 heterocycles. The molecule has 3 aromatic rings. The molecule has 7 nitrogen and oxygen atoms in total. The van der Waals surface area contributed by atoms with Crippen LogP contribution in [0.5, 0.6) is 17.2 Å². The topological polar surface area (TPSA) is 83.4 Å². The Morgan fingerprint density at radius 1 is 0.810 bits per heavy atom. The molecule has 0 spiro atoms. The van der Waals surface area contributed by atoms with Gasteiger partial charge in [0.1, 0.15) is 17.2 Å². The third-order valence-electron chi connectivity index (χ3n) is 7.41. The van der Waals surface area contributed by atoms with Crippen LogP contribution in [0, 0.1) is 0 Å². The monoisotopic (exact) mass is 571 g/mol. The fourth-order valence-electron chi connectivity index (χ4n) is 5.11. The molecule has 4 rings (SSSR count). The molecule has 0 aromatic heterocycles. The predicted molar refractivity (Wildman–Crippen MR) is 165 cm³/mol. The molecule has 1 aliphatic rings. The van der Waals surface area contributed by atoms with Crippen molar-refractivity contribution < 1.29 is 24.1 Å². The molecule has 7 heteroatoms.